The number of fused-ring (bicyclic) bond motifs is 1. The molecule has 0 radical (unpaired) electrons. The average molecular weight is 739 g/mol. The molecule has 0 spiro atoms. The maximum atomic E-state index is 13.7. The number of halogens is 1. The van der Waals surface area contributed by atoms with Crippen molar-refractivity contribution in [2.75, 3.05) is 57.2 Å². The Bertz CT molecular complexity index is 2060. The van der Waals surface area contributed by atoms with Crippen LogP contribution >= 0.6 is 0 Å². The second kappa shape index (κ2) is 17.0. The minimum atomic E-state index is -3.75. The molecule has 3 aromatic carbocycles. The molecule has 52 heavy (non-hydrogen) atoms. The van der Waals surface area contributed by atoms with Crippen LogP contribution in [0.3, 0.4) is 0 Å². The number of nitrogens with zero attached hydrogens (tertiary/aromatic N) is 1. The van der Waals surface area contributed by atoms with Gasteiger partial charge in [0, 0.05) is 35.7 Å². The number of rotatable bonds is 19. The van der Waals surface area contributed by atoms with E-state index in [4.69, 9.17) is 23.7 Å². The van der Waals surface area contributed by atoms with Gasteiger partial charge < -0.3 is 34.2 Å². The van der Waals surface area contributed by atoms with Gasteiger partial charge in [-0.15, -0.1) is 0 Å². The standard InChI is InChI=1S/C37H39FN2O11S/c1-39-36(43)34-29-19-28(24-7-8-24)30(20-33(29)51-35(34)26-9-11-27(38)12-10-26)40(52(2,46)47)13-14-48-15-16-49-17-18-50-22-23-3-5-25(6-4-23)31(41)21-32(42)37(44)45/h3-6,9-12,19-21,24,42H,7-8,13-18,22H2,1-2H3,(H,39,43)(H,44,45). The summed E-state index contributed by atoms with van der Waals surface area (Å²) < 4.78 is 64.1. The third kappa shape index (κ3) is 9.61. The number of carbonyl (C=O) groups is 3. The van der Waals surface area contributed by atoms with Crippen LogP contribution in [0.1, 0.15) is 50.6 Å². The number of carboxylic acids is 1. The fourth-order valence-corrected chi connectivity index (χ4v) is 6.44. The van der Waals surface area contributed by atoms with Crippen LogP contribution in [0.5, 0.6) is 0 Å². The van der Waals surface area contributed by atoms with E-state index in [0.717, 1.165) is 30.2 Å². The smallest absolute Gasteiger partial charge is 0.371 e. The lowest BCUT2D eigenvalue weighted by molar-refractivity contribution is -0.135. The zero-order chi connectivity index (χ0) is 37.4. The highest BCUT2D eigenvalue weighted by molar-refractivity contribution is 7.92. The number of carboxylic acid groups (broad SMARTS) is 1. The average Bonchev–Trinajstić information content (AvgIpc) is 3.90. The van der Waals surface area contributed by atoms with Crippen molar-refractivity contribution in [3.63, 3.8) is 0 Å². The number of benzene rings is 3. The fourth-order valence-electron chi connectivity index (χ4n) is 5.52. The van der Waals surface area contributed by atoms with Crippen molar-refractivity contribution in [3.05, 3.63) is 101 Å². The normalized spacial score (nSPS) is 13.3. The zero-order valence-electron chi connectivity index (χ0n) is 28.6. The van der Waals surface area contributed by atoms with Gasteiger partial charge >= 0.3 is 5.97 Å². The largest absolute Gasteiger partial charge is 0.502 e. The molecule has 276 valence electrons. The maximum absolute atomic E-state index is 13.7. The summed E-state index contributed by atoms with van der Waals surface area (Å²) in [6, 6.07) is 15.4. The van der Waals surface area contributed by atoms with Gasteiger partial charge in [0.05, 0.1) is 63.7 Å². The van der Waals surface area contributed by atoms with Crippen LogP contribution in [-0.4, -0.2) is 89.2 Å². The second-order valence-corrected chi connectivity index (χ2v) is 14.0. The molecule has 0 atom stereocenters. The first-order valence-electron chi connectivity index (χ1n) is 16.4. The number of anilines is 1. The summed E-state index contributed by atoms with van der Waals surface area (Å²) in [7, 11) is -2.24. The van der Waals surface area contributed by atoms with E-state index in [9.17, 15) is 32.3 Å². The quantitative estimate of drug-likeness (QED) is 0.0498. The number of furan rings is 1. The van der Waals surface area contributed by atoms with E-state index in [1.807, 2.05) is 6.07 Å². The number of allylic oxidation sites excluding steroid dienone is 1. The Hall–Kier alpha value is -5.09. The van der Waals surface area contributed by atoms with E-state index in [-0.39, 0.29) is 74.9 Å². The summed E-state index contributed by atoms with van der Waals surface area (Å²) in [6.07, 6.45) is 3.51. The number of hydrogen-bond donors (Lipinski definition) is 3. The molecule has 15 heteroatoms. The zero-order valence-corrected chi connectivity index (χ0v) is 29.4. The van der Waals surface area contributed by atoms with Crippen LogP contribution < -0.4 is 9.62 Å². The van der Waals surface area contributed by atoms with Gasteiger partial charge in [0.1, 0.15) is 17.2 Å². The molecule has 5 rings (SSSR count). The van der Waals surface area contributed by atoms with Crippen molar-refractivity contribution in [1.29, 1.82) is 0 Å². The van der Waals surface area contributed by atoms with Crippen LogP contribution in [0.25, 0.3) is 22.3 Å². The van der Waals surface area contributed by atoms with Gasteiger partial charge in [0.25, 0.3) is 5.91 Å². The van der Waals surface area contributed by atoms with Gasteiger partial charge in [-0.25, -0.2) is 17.6 Å². The number of ether oxygens (including phenoxy) is 3. The minimum absolute atomic E-state index is 0.0302. The molecule has 0 bridgehead atoms. The van der Waals surface area contributed by atoms with Gasteiger partial charge in [0.15, 0.2) is 5.78 Å². The van der Waals surface area contributed by atoms with Crippen molar-refractivity contribution >= 4 is 44.3 Å². The fraction of sp³-hybridized carbons (Fsp3) is 0.324. The van der Waals surface area contributed by atoms with Gasteiger partial charge in [-0.05, 0) is 60.2 Å². The molecule has 1 saturated carbocycles. The lowest BCUT2D eigenvalue weighted by Gasteiger charge is -2.25. The van der Waals surface area contributed by atoms with E-state index in [1.54, 1.807) is 18.2 Å². The number of aliphatic hydroxyl groups excluding tert-OH is 1. The number of hydrogen-bond acceptors (Lipinski definition) is 10. The predicted molar refractivity (Wildman–Crippen MR) is 190 cm³/mol. The molecular weight excluding hydrogens is 699 g/mol. The van der Waals surface area contributed by atoms with E-state index >= 15 is 0 Å². The molecule has 1 amide bonds. The summed E-state index contributed by atoms with van der Waals surface area (Å²) in [4.78, 5) is 35.7. The van der Waals surface area contributed by atoms with Gasteiger partial charge in [-0.1, -0.05) is 24.3 Å². The van der Waals surface area contributed by atoms with Crippen molar-refractivity contribution in [2.24, 2.45) is 0 Å². The van der Waals surface area contributed by atoms with Crippen molar-refractivity contribution in [3.8, 4) is 11.3 Å². The summed E-state index contributed by atoms with van der Waals surface area (Å²) in [6.45, 7) is 1.38. The Morgan fingerprint density at radius 3 is 2.17 bits per heavy atom. The lowest BCUT2D eigenvalue weighted by atomic mass is 10.0. The van der Waals surface area contributed by atoms with E-state index in [0.29, 0.717) is 28.3 Å². The summed E-state index contributed by atoms with van der Waals surface area (Å²) >= 11 is 0. The highest BCUT2D eigenvalue weighted by Gasteiger charge is 2.33. The highest BCUT2D eigenvalue weighted by Crippen LogP contribution is 2.48. The predicted octanol–water partition coefficient (Wildman–Crippen LogP) is 5.20. The van der Waals surface area contributed by atoms with Crippen molar-refractivity contribution in [1.82, 2.24) is 5.32 Å². The number of aliphatic hydroxyl groups is 1. The highest BCUT2D eigenvalue weighted by atomic mass is 32.2. The van der Waals surface area contributed by atoms with Crippen LogP contribution in [0.4, 0.5) is 10.1 Å². The number of nitrogens with one attached hydrogen (secondary N) is 1. The van der Waals surface area contributed by atoms with E-state index in [1.165, 1.54) is 47.8 Å². The third-order valence-corrected chi connectivity index (χ3v) is 9.44. The molecule has 1 aromatic heterocycles. The van der Waals surface area contributed by atoms with Crippen LogP contribution in [-0.2, 0) is 35.6 Å². The molecule has 1 heterocycles. The topological polar surface area (TPSA) is 182 Å². The summed E-state index contributed by atoms with van der Waals surface area (Å²) in [5.74, 6) is -3.71. The maximum Gasteiger partial charge on any atom is 0.371 e. The number of ketones is 1. The second-order valence-electron chi connectivity index (χ2n) is 12.1. The van der Waals surface area contributed by atoms with Crippen LogP contribution in [0.15, 0.2) is 76.9 Å². The molecule has 4 aromatic rings. The number of carbonyl (C=O) groups excluding carboxylic acids is 2. The monoisotopic (exact) mass is 738 g/mol. The Morgan fingerprint density at radius 2 is 1.58 bits per heavy atom. The summed E-state index contributed by atoms with van der Waals surface area (Å²) in [5.41, 5.74) is 3.35. The van der Waals surface area contributed by atoms with E-state index in [2.05, 4.69) is 5.32 Å². The first-order valence-corrected chi connectivity index (χ1v) is 18.3. The number of amides is 1. The molecule has 0 unspecified atom stereocenters. The first-order chi connectivity index (χ1) is 24.9. The molecule has 1 aliphatic rings. The van der Waals surface area contributed by atoms with E-state index < -0.39 is 33.4 Å². The van der Waals surface area contributed by atoms with Crippen molar-refractivity contribution in [2.45, 2.75) is 25.4 Å². The SMILES string of the molecule is CNC(=O)c1c(-c2ccc(F)cc2)oc2cc(N(CCOCCOCCOCc3ccc(C(=O)C=C(O)C(=O)O)cc3)S(C)(=O)=O)c(C3CC3)cc12. The van der Waals surface area contributed by atoms with Gasteiger partial charge in [-0.2, -0.15) is 0 Å². The van der Waals surface area contributed by atoms with Crippen molar-refractivity contribution < 1.29 is 56.0 Å². The molecule has 13 nitrogen and oxygen atoms in total. The molecule has 3 N–H and O–H groups in total. The Kier molecular flexibility index (Phi) is 12.4. The Morgan fingerprint density at radius 1 is 0.942 bits per heavy atom. The third-order valence-electron chi connectivity index (χ3n) is 8.26. The molecule has 1 fully saturated rings. The molecular formula is C37H39FN2O11S. The number of sulfonamides is 1. The number of aliphatic carboxylic acids is 1. The lowest BCUT2D eigenvalue weighted by Crippen LogP contribution is -2.34. The first kappa shape index (κ1) is 38.1. The molecule has 0 aliphatic heterocycles. The minimum Gasteiger partial charge on any atom is -0.502 e. The van der Waals surface area contributed by atoms with Gasteiger partial charge in [-0.3, -0.25) is 13.9 Å². The Balaban J connectivity index is 1.14. The molecule has 1 aliphatic carbocycles. The summed E-state index contributed by atoms with van der Waals surface area (Å²) in [5, 5.41) is 21.1. The van der Waals surface area contributed by atoms with Gasteiger partial charge in [0.2, 0.25) is 15.8 Å². The molecule has 0 saturated heterocycles. The van der Waals surface area contributed by atoms with Crippen LogP contribution in [0.2, 0.25) is 0 Å². The Labute approximate surface area is 299 Å². The van der Waals surface area contributed by atoms with Crippen LogP contribution in [0, 0.1) is 5.82 Å².